The summed E-state index contributed by atoms with van der Waals surface area (Å²) >= 11 is 0. The van der Waals surface area contributed by atoms with Crippen molar-refractivity contribution in [3.8, 4) is 0 Å². The highest BCUT2D eigenvalue weighted by Gasteiger charge is 2.44. The number of aliphatic hydroxyl groups is 1. The van der Waals surface area contributed by atoms with Crippen LogP contribution in [0, 0.1) is 0 Å². The van der Waals surface area contributed by atoms with E-state index in [4.69, 9.17) is 18.2 Å². The van der Waals surface area contributed by atoms with E-state index in [1.54, 1.807) is 0 Å². The van der Waals surface area contributed by atoms with Gasteiger partial charge in [-0.3, -0.25) is 18.2 Å². The molecule has 28 heavy (non-hydrogen) atoms. The summed E-state index contributed by atoms with van der Waals surface area (Å²) in [6.45, 7) is -1.80. The number of aldehydes is 1. The van der Waals surface area contributed by atoms with Crippen molar-refractivity contribution in [3.63, 3.8) is 0 Å². The van der Waals surface area contributed by atoms with Gasteiger partial charge in [-0.05, 0) is 0 Å². The van der Waals surface area contributed by atoms with E-state index >= 15 is 0 Å². The van der Waals surface area contributed by atoms with E-state index in [2.05, 4.69) is 16.7 Å². The Morgan fingerprint density at radius 1 is 0.679 bits per heavy atom. The summed E-state index contributed by atoms with van der Waals surface area (Å²) in [5.74, 6) is 0. The number of rotatable bonds is 13. The maximum atomic E-state index is 10.9. The van der Waals surface area contributed by atoms with Crippen LogP contribution in [0.15, 0.2) is 0 Å². The molecule has 0 saturated heterocycles. The normalized spacial score (nSPS) is 18.2. The standard InChI is InChI=1S/C6H12O18S4/c7-1-3(8)5(23-27(15,16)17)6(24-28(18,19)20)4(22-26(12,13)14)2-21-25(9,10)11/h1,3-6,8H,2H2,(H,9,10,11)(H,12,13,14)(H,15,16,17)(H,18,19,20)/t3-,4+,5+,6+/m0/s1. The van der Waals surface area contributed by atoms with Crippen LogP contribution in [0.3, 0.4) is 0 Å². The summed E-state index contributed by atoms with van der Waals surface area (Å²) in [5, 5.41) is 9.42. The summed E-state index contributed by atoms with van der Waals surface area (Å²) in [4.78, 5) is 10.7. The van der Waals surface area contributed by atoms with E-state index in [9.17, 15) is 43.6 Å². The van der Waals surface area contributed by atoms with Crippen molar-refractivity contribution in [3.05, 3.63) is 0 Å². The highest BCUT2D eigenvalue weighted by atomic mass is 32.3. The molecule has 0 aliphatic heterocycles. The van der Waals surface area contributed by atoms with Crippen molar-refractivity contribution >= 4 is 47.9 Å². The predicted octanol–water partition coefficient (Wildman–Crippen LogP) is -4.07. The average molecular weight is 500 g/mol. The molecular weight excluding hydrogens is 488 g/mol. The Bertz CT molecular complexity index is 942. The zero-order valence-electron chi connectivity index (χ0n) is 12.8. The van der Waals surface area contributed by atoms with Gasteiger partial charge in [-0.15, -0.1) is 0 Å². The number of hydrogen-bond acceptors (Lipinski definition) is 14. The van der Waals surface area contributed by atoms with E-state index in [-0.39, 0.29) is 0 Å². The second-order valence-corrected chi connectivity index (χ2v) is 8.61. The van der Waals surface area contributed by atoms with Crippen molar-refractivity contribution < 1.29 is 78.5 Å². The van der Waals surface area contributed by atoms with Crippen LogP contribution in [-0.2, 0) is 63.1 Å². The molecule has 168 valence electrons. The van der Waals surface area contributed by atoms with E-state index in [0.29, 0.717) is 0 Å². The number of aliphatic hydroxyl groups excluding tert-OH is 1. The van der Waals surface area contributed by atoms with Gasteiger partial charge in [0.2, 0.25) is 0 Å². The van der Waals surface area contributed by atoms with Crippen LogP contribution in [-0.4, -0.2) is 94.3 Å². The fraction of sp³-hybridized carbons (Fsp3) is 0.833. The lowest BCUT2D eigenvalue weighted by atomic mass is 10.0. The van der Waals surface area contributed by atoms with Crippen LogP contribution >= 0.6 is 0 Å². The third-order valence-electron chi connectivity index (χ3n) is 2.26. The first-order valence-corrected chi connectivity index (χ1v) is 11.4. The molecule has 0 bridgehead atoms. The molecule has 0 radical (unpaired) electrons. The molecule has 0 heterocycles. The third-order valence-corrected chi connectivity index (χ3v) is 4.11. The zero-order chi connectivity index (χ0) is 22.6. The molecular formula is C6H12O18S4. The van der Waals surface area contributed by atoms with Crippen molar-refractivity contribution in [2.75, 3.05) is 6.61 Å². The van der Waals surface area contributed by atoms with Gasteiger partial charge in [-0.2, -0.15) is 33.7 Å². The van der Waals surface area contributed by atoms with Crippen molar-refractivity contribution in [2.45, 2.75) is 24.4 Å². The van der Waals surface area contributed by atoms with Crippen molar-refractivity contribution in [2.24, 2.45) is 0 Å². The first-order valence-electron chi connectivity index (χ1n) is 5.96. The maximum Gasteiger partial charge on any atom is 0.397 e. The van der Waals surface area contributed by atoms with E-state index < -0.39 is 78.9 Å². The Balaban J connectivity index is 6.38. The van der Waals surface area contributed by atoms with Gasteiger partial charge in [-0.25, -0.2) is 16.7 Å². The molecule has 0 aliphatic rings. The highest BCUT2D eigenvalue weighted by Crippen LogP contribution is 2.21. The average Bonchev–Trinajstić information content (AvgIpc) is 2.42. The number of carbonyl (C=O) groups excluding carboxylic acids is 1. The Kier molecular flexibility index (Phi) is 9.43. The monoisotopic (exact) mass is 500 g/mol. The van der Waals surface area contributed by atoms with Crippen LogP contribution in [0.2, 0.25) is 0 Å². The fourth-order valence-electron chi connectivity index (χ4n) is 1.48. The molecule has 0 aromatic heterocycles. The molecule has 0 unspecified atom stereocenters. The van der Waals surface area contributed by atoms with Crippen LogP contribution in [0.5, 0.6) is 0 Å². The summed E-state index contributed by atoms with van der Waals surface area (Å²) < 4.78 is 136. The highest BCUT2D eigenvalue weighted by molar-refractivity contribution is 7.81. The minimum absolute atomic E-state index is 0.551. The molecule has 18 nitrogen and oxygen atoms in total. The van der Waals surface area contributed by atoms with Crippen molar-refractivity contribution in [1.29, 1.82) is 0 Å². The summed E-state index contributed by atoms with van der Waals surface area (Å²) in [6, 6.07) is 0. The van der Waals surface area contributed by atoms with Gasteiger partial charge in [0.25, 0.3) is 0 Å². The van der Waals surface area contributed by atoms with E-state index in [0.717, 1.165) is 0 Å². The lowest BCUT2D eigenvalue weighted by Gasteiger charge is -2.30. The SMILES string of the molecule is O=C[C@H](O)[C@@H](OS(=O)(=O)O)[C@H](OS(=O)(=O)O)[C@@H](COS(=O)(=O)O)OS(=O)(=O)O. The predicted molar refractivity (Wildman–Crippen MR) is 78.8 cm³/mol. The van der Waals surface area contributed by atoms with E-state index in [1.165, 1.54) is 0 Å². The summed E-state index contributed by atoms with van der Waals surface area (Å²) in [5.41, 5.74) is 0. The number of hydrogen-bond donors (Lipinski definition) is 5. The van der Waals surface area contributed by atoms with Crippen LogP contribution in [0.4, 0.5) is 0 Å². The molecule has 0 aromatic carbocycles. The van der Waals surface area contributed by atoms with Gasteiger partial charge >= 0.3 is 41.6 Å². The van der Waals surface area contributed by atoms with Gasteiger partial charge in [-0.1, -0.05) is 0 Å². The quantitative estimate of drug-likeness (QED) is 0.119. The van der Waals surface area contributed by atoms with Gasteiger partial charge in [0.15, 0.2) is 6.29 Å². The van der Waals surface area contributed by atoms with Crippen molar-refractivity contribution in [1.82, 2.24) is 0 Å². The van der Waals surface area contributed by atoms with Gasteiger partial charge in [0, 0.05) is 0 Å². The molecule has 4 atom stereocenters. The fourth-order valence-corrected chi connectivity index (χ4v) is 3.28. The Labute approximate surface area is 157 Å². The lowest BCUT2D eigenvalue weighted by Crippen LogP contribution is -2.52. The smallest absolute Gasteiger partial charge is 0.383 e. The number of carbonyl (C=O) groups is 1. The van der Waals surface area contributed by atoms with Gasteiger partial charge in [0.05, 0.1) is 6.61 Å². The Morgan fingerprint density at radius 3 is 1.39 bits per heavy atom. The summed E-state index contributed by atoms with van der Waals surface area (Å²) in [6.07, 6.45) is -12.1. The molecule has 0 aliphatic carbocycles. The Morgan fingerprint density at radius 2 is 1.07 bits per heavy atom. The first kappa shape index (κ1) is 27.1. The lowest BCUT2D eigenvalue weighted by molar-refractivity contribution is -0.127. The van der Waals surface area contributed by atoms with Crippen LogP contribution < -0.4 is 0 Å². The molecule has 0 rings (SSSR count). The minimum atomic E-state index is -5.73. The third kappa shape index (κ3) is 12.5. The summed E-state index contributed by atoms with van der Waals surface area (Å²) in [7, 11) is -22.4. The first-order chi connectivity index (χ1) is 12.2. The molecule has 0 aromatic rings. The Hall–Kier alpha value is -0.890. The molecule has 0 saturated carbocycles. The minimum Gasteiger partial charge on any atom is -0.383 e. The second-order valence-electron chi connectivity index (χ2n) is 4.38. The zero-order valence-corrected chi connectivity index (χ0v) is 16.0. The molecule has 0 amide bonds. The topological polar surface area (TPSA) is 292 Å². The van der Waals surface area contributed by atoms with E-state index in [1.807, 2.05) is 0 Å². The molecule has 0 spiro atoms. The van der Waals surface area contributed by atoms with Gasteiger partial charge in [0.1, 0.15) is 24.4 Å². The maximum absolute atomic E-state index is 10.9. The van der Waals surface area contributed by atoms with Gasteiger partial charge < -0.3 is 9.90 Å². The molecule has 5 N–H and O–H groups in total. The second kappa shape index (κ2) is 9.74. The molecule has 22 heteroatoms. The largest absolute Gasteiger partial charge is 0.397 e. The molecule has 0 fully saturated rings. The van der Waals surface area contributed by atoms with Crippen LogP contribution in [0.1, 0.15) is 0 Å². The van der Waals surface area contributed by atoms with Crippen LogP contribution in [0.25, 0.3) is 0 Å².